The van der Waals surface area contributed by atoms with Gasteiger partial charge in [-0.2, -0.15) is 0 Å². The van der Waals surface area contributed by atoms with Crippen LogP contribution in [0.1, 0.15) is 25.6 Å². The van der Waals surface area contributed by atoms with Crippen LogP contribution < -0.4 is 0 Å². The lowest BCUT2D eigenvalue weighted by atomic mass is 9.97. The summed E-state index contributed by atoms with van der Waals surface area (Å²) in [6.45, 7) is 6.86. The van der Waals surface area contributed by atoms with Crippen molar-refractivity contribution in [2.75, 3.05) is 7.05 Å². The standard InChI is InChI=1S/C12H18BrNOS/c1-8(2)9(3)12(15)14(4)6-11-5-10(13)7-16-11/h5,7-9H,6H2,1-4H3. The zero-order valence-corrected chi connectivity index (χ0v) is 12.6. The molecule has 1 aromatic rings. The molecule has 1 rings (SSSR count). The Morgan fingerprint density at radius 3 is 2.56 bits per heavy atom. The molecule has 0 aliphatic rings. The minimum Gasteiger partial charge on any atom is -0.340 e. The fraction of sp³-hybridized carbons (Fsp3) is 0.583. The molecule has 90 valence electrons. The Hall–Kier alpha value is -0.350. The lowest BCUT2D eigenvalue weighted by Crippen LogP contribution is -2.33. The first-order valence-electron chi connectivity index (χ1n) is 5.39. The summed E-state index contributed by atoms with van der Waals surface area (Å²) in [7, 11) is 1.87. The molecule has 1 heterocycles. The second-order valence-electron chi connectivity index (χ2n) is 4.46. The largest absolute Gasteiger partial charge is 0.340 e. The van der Waals surface area contributed by atoms with Crippen LogP contribution in [0.2, 0.25) is 0 Å². The van der Waals surface area contributed by atoms with Gasteiger partial charge in [0.1, 0.15) is 0 Å². The first-order valence-corrected chi connectivity index (χ1v) is 7.07. The van der Waals surface area contributed by atoms with Crippen molar-refractivity contribution in [3.63, 3.8) is 0 Å². The molecule has 0 radical (unpaired) electrons. The summed E-state index contributed by atoms with van der Waals surface area (Å²) in [6.07, 6.45) is 0. The monoisotopic (exact) mass is 303 g/mol. The van der Waals surface area contributed by atoms with Crippen molar-refractivity contribution in [1.29, 1.82) is 0 Å². The van der Waals surface area contributed by atoms with Crippen LogP contribution in [-0.4, -0.2) is 17.9 Å². The lowest BCUT2D eigenvalue weighted by molar-refractivity contribution is -0.135. The molecule has 1 aromatic heterocycles. The predicted octanol–water partition coefficient (Wildman–Crippen LogP) is 3.76. The first kappa shape index (κ1) is 13.7. The topological polar surface area (TPSA) is 20.3 Å². The van der Waals surface area contributed by atoms with Crippen molar-refractivity contribution < 1.29 is 4.79 Å². The maximum absolute atomic E-state index is 12.0. The highest BCUT2D eigenvalue weighted by Gasteiger charge is 2.20. The summed E-state index contributed by atoms with van der Waals surface area (Å²) >= 11 is 5.09. The van der Waals surface area contributed by atoms with Crippen LogP contribution in [0.3, 0.4) is 0 Å². The van der Waals surface area contributed by atoms with Crippen LogP contribution in [0, 0.1) is 11.8 Å². The number of halogens is 1. The molecule has 1 amide bonds. The van der Waals surface area contributed by atoms with E-state index in [2.05, 4.69) is 35.8 Å². The normalized spacial score (nSPS) is 12.9. The molecule has 0 spiro atoms. The van der Waals surface area contributed by atoms with E-state index in [1.54, 1.807) is 11.3 Å². The van der Waals surface area contributed by atoms with Crippen molar-refractivity contribution in [2.24, 2.45) is 11.8 Å². The molecule has 16 heavy (non-hydrogen) atoms. The number of hydrogen-bond acceptors (Lipinski definition) is 2. The average molecular weight is 304 g/mol. The Balaban J connectivity index is 2.58. The van der Waals surface area contributed by atoms with Crippen LogP contribution in [0.5, 0.6) is 0 Å². The van der Waals surface area contributed by atoms with Gasteiger partial charge < -0.3 is 4.90 Å². The van der Waals surface area contributed by atoms with Gasteiger partial charge >= 0.3 is 0 Å². The van der Waals surface area contributed by atoms with E-state index in [0.717, 1.165) is 4.47 Å². The van der Waals surface area contributed by atoms with Gasteiger partial charge in [-0.1, -0.05) is 20.8 Å². The molecule has 0 N–H and O–H groups in total. The molecule has 0 saturated heterocycles. The van der Waals surface area contributed by atoms with E-state index in [1.807, 2.05) is 24.3 Å². The molecule has 0 aliphatic heterocycles. The van der Waals surface area contributed by atoms with Crippen LogP contribution in [0.4, 0.5) is 0 Å². The van der Waals surface area contributed by atoms with Crippen LogP contribution in [-0.2, 0) is 11.3 Å². The molecule has 4 heteroatoms. The van der Waals surface area contributed by atoms with Gasteiger partial charge in [0.15, 0.2) is 0 Å². The van der Waals surface area contributed by atoms with Crippen LogP contribution >= 0.6 is 27.3 Å². The van der Waals surface area contributed by atoms with E-state index >= 15 is 0 Å². The molecular formula is C12H18BrNOS. The van der Waals surface area contributed by atoms with E-state index in [4.69, 9.17) is 0 Å². The van der Waals surface area contributed by atoms with E-state index in [9.17, 15) is 4.79 Å². The van der Waals surface area contributed by atoms with E-state index in [0.29, 0.717) is 12.5 Å². The summed E-state index contributed by atoms with van der Waals surface area (Å²) in [4.78, 5) is 15.0. The smallest absolute Gasteiger partial charge is 0.225 e. The molecule has 0 aliphatic carbocycles. The zero-order valence-electron chi connectivity index (χ0n) is 10.2. The van der Waals surface area contributed by atoms with Gasteiger partial charge in [0, 0.05) is 27.7 Å². The van der Waals surface area contributed by atoms with Gasteiger partial charge in [-0.25, -0.2) is 0 Å². The summed E-state index contributed by atoms with van der Waals surface area (Å²) in [5, 5.41) is 2.04. The highest BCUT2D eigenvalue weighted by atomic mass is 79.9. The van der Waals surface area contributed by atoms with E-state index in [1.165, 1.54) is 4.88 Å². The Kier molecular flexibility index (Phi) is 4.99. The van der Waals surface area contributed by atoms with Crippen molar-refractivity contribution in [3.05, 3.63) is 20.8 Å². The van der Waals surface area contributed by atoms with Crippen molar-refractivity contribution in [1.82, 2.24) is 4.90 Å². The quantitative estimate of drug-likeness (QED) is 0.829. The second-order valence-corrected chi connectivity index (χ2v) is 6.37. The van der Waals surface area contributed by atoms with E-state index < -0.39 is 0 Å². The zero-order chi connectivity index (χ0) is 12.3. The first-order chi connectivity index (χ1) is 7.41. The Morgan fingerprint density at radius 1 is 1.50 bits per heavy atom. The lowest BCUT2D eigenvalue weighted by Gasteiger charge is -2.23. The molecular weight excluding hydrogens is 286 g/mol. The number of nitrogens with zero attached hydrogens (tertiary/aromatic N) is 1. The predicted molar refractivity (Wildman–Crippen MR) is 72.5 cm³/mol. The Labute approximate surface area is 110 Å². The van der Waals surface area contributed by atoms with Crippen LogP contribution in [0.15, 0.2) is 15.9 Å². The third kappa shape index (κ3) is 3.59. The highest BCUT2D eigenvalue weighted by Crippen LogP contribution is 2.22. The number of hydrogen-bond donors (Lipinski definition) is 0. The van der Waals surface area contributed by atoms with Gasteiger partial charge in [-0.05, 0) is 27.9 Å². The van der Waals surface area contributed by atoms with Crippen molar-refractivity contribution in [3.8, 4) is 0 Å². The van der Waals surface area contributed by atoms with Crippen LogP contribution in [0.25, 0.3) is 0 Å². The Morgan fingerprint density at radius 2 is 2.12 bits per heavy atom. The van der Waals surface area contributed by atoms with Gasteiger partial charge in [-0.3, -0.25) is 4.79 Å². The van der Waals surface area contributed by atoms with Crippen molar-refractivity contribution in [2.45, 2.75) is 27.3 Å². The molecule has 0 fully saturated rings. The summed E-state index contributed by atoms with van der Waals surface area (Å²) in [5.74, 6) is 0.706. The fourth-order valence-corrected chi connectivity index (χ4v) is 2.88. The van der Waals surface area contributed by atoms with E-state index in [-0.39, 0.29) is 11.8 Å². The van der Waals surface area contributed by atoms with Gasteiger partial charge in [0.2, 0.25) is 5.91 Å². The molecule has 1 atom stereocenters. The molecule has 2 nitrogen and oxygen atoms in total. The summed E-state index contributed by atoms with van der Waals surface area (Å²) in [5.41, 5.74) is 0. The molecule has 0 aromatic carbocycles. The number of carbonyl (C=O) groups is 1. The average Bonchev–Trinajstić information content (AvgIpc) is 2.61. The molecule has 1 unspecified atom stereocenters. The number of carbonyl (C=O) groups excluding carboxylic acids is 1. The SMILES string of the molecule is CC(C)C(C)C(=O)N(C)Cc1cc(Br)cs1. The fourth-order valence-electron chi connectivity index (χ4n) is 1.38. The minimum absolute atomic E-state index is 0.0911. The third-order valence-electron chi connectivity index (χ3n) is 2.78. The third-order valence-corrected chi connectivity index (χ3v) is 4.46. The minimum atomic E-state index is 0.0911. The Bertz CT molecular complexity index is 362. The number of amides is 1. The molecule has 0 saturated carbocycles. The van der Waals surface area contributed by atoms with Crippen molar-refractivity contribution >= 4 is 33.2 Å². The molecule has 0 bridgehead atoms. The van der Waals surface area contributed by atoms with Gasteiger partial charge in [0.05, 0.1) is 6.54 Å². The highest BCUT2D eigenvalue weighted by molar-refractivity contribution is 9.10. The van der Waals surface area contributed by atoms with Gasteiger partial charge in [0.25, 0.3) is 0 Å². The summed E-state index contributed by atoms with van der Waals surface area (Å²) < 4.78 is 1.09. The maximum atomic E-state index is 12.0. The maximum Gasteiger partial charge on any atom is 0.225 e. The number of thiophene rings is 1. The summed E-state index contributed by atoms with van der Waals surface area (Å²) in [6, 6.07) is 2.06. The van der Waals surface area contributed by atoms with Gasteiger partial charge in [-0.15, -0.1) is 11.3 Å². The number of rotatable bonds is 4. The second kappa shape index (κ2) is 5.82.